The number of para-hydroxylation sites is 3. The summed E-state index contributed by atoms with van der Waals surface area (Å²) in [7, 11) is 0. The summed E-state index contributed by atoms with van der Waals surface area (Å²) in [6.07, 6.45) is 0. The Morgan fingerprint density at radius 1 is 0.310 bits per heavy atom. The molecule has 1 aliphatic heterocycles. The van der Waals surface area contributed by atoms with Crippen LogP contribution >= 0.6 is 0 Å². The van der Waals surface area contributed by atoms with Crippen molar-refractivity contribution in [3.63, 3.8) is 0 Å². The van der Waals surface area contributed by atoms with Gasteiger partial charge in [0, 0.05) is 39.1 Å². The lowest BCUT2D eigenvalue weighted by atomic mass is 9.65. The fraction of sp³-hybridized carbons (Fsp3) is 0.0154. The molecule has 0 radical (unpaired) electrons. The van der Waals surface area contributed by atoms with E-state index in [2.05, 4.69) is 193 Å². The lowest BCUT2D eigenvalue weighted by Crippen LogP contribution is -2.32. The third-order valence-corrected chi connectivity index (χ3v) is 14.1. The highest BCUT2D eigenvalue weighted by Gasteiger charge is 2.51. The quantitative estimate of drug-likeness (QED) is 0.159. The Hall–Kier alpha value is -9.52. The number of rotatable bonds is 7. The maximum atomic E-state index is 6.96. The van der Waals surface area contributed by atoms with Crippen LogP contribution in [0.25, 0.3) is 95.7 Å². The van der Waals surface area contributed by atoms with Gasteiger partial charge in [0.15, 0.2) is 17.5 Å². The highest BCUT2D eigenvalue weighted by atomic mass is 16.5. The monoisotopic (exact) mass is 907 g/mol. The molecule has 1 spiro atoms. The van der Waals surface area contributed by atoms with Crippen LogP contribution in [0.2, 0.25) is 0 Å². The second kappa shape index (κ2) is 16.3. The Labute approximate surface area is 410 Å². The zero-order valence-electron chi connectivity index (χ0n) is 38.3. The normalized spacial score (nSPS) is 14.1. The van der Waals surface area contributed by atoms with Gasteiger partial charge in [0.05, 0.1) is 16.4 Å². The molecule has 0 saturated carbocycles. The van der Waals surface area contributed by atoms with Crippen LogP contribution in [-0.4, -0.2) is 24.5 Å². The summed E-state index contributed by atoms with van der Waals surface area (Å²) in [6.45, 7) is 0. The number of hydrogen-bond donors (Lipinski definition) is 0. The van der Waals surface area contributed by atoms with E-state index in [1.54, 1.807) is 0 Å². The van der Waals surface area contributed by atoms with Crippen LogP contribution in [0.3, 0.4) is 0 Å². The predicted molar refractivity (Wildman–Crippen MR) is 284 cm³/mol. The fourth-order valence-electron chi connectivity index (χ4n) is 11.0. The largest absolute Gasteiger partial charge is 0.457 e. The lowest BCUT2D eigenvalue weighted by Gasteiger charge is -2.39. The summed E-state index contributed by atoms with van der Waals surface area (Å²) < 4.78 is 9.26. The third kappa shape index (κ3) is 6.49. The van der Waals surface area contributed by atoms with Gasteiger partial charge in [-0.2, -0.15) is 0 Å². The minimum atomic E-state index is -0.764. The van der Waals surface area contributed by atoms with Crippen molar-refractivity contribution >= 4 is 11.0 Å². The molecule has 71 heavy (non-hydrogen) atoms. The summed E-state index contributed by atoms with van der Waals surface area (Å²) in [5.41, 5.74) is 17.2. The Morgan fingerprint density at radius 2 is 0.845 bits per heavy atom. The van der Waals surface area contributed by atoms with Crippen molar-refractivity contribution in [3.8, 4) is 96.1 Å². The van der Waals surface area contributed by atoms with Gasteiger partial charge in [0.2, 0.25) is 0 Å². The van der Waals surface area contributed by atoms with Gasteiger partial charge < -0.3 is 4.74 Å². The van der Waals surface area contributed by atoms with Crippen LogP contribution in [-0.2, 0) is 5.41 Å². The van der Waals surface area contributed by atoms with Gasteiger partial charge in [-0.25, -0.2) is 19.9 Å². The maximum absolute atomic E-state index is 6.96. The van der Waals surface area contributed by atoms with Crippen molar-refractivity contribution in [3.05, 3.63) is 271 Å². The SMILES string of the molecule is c1ccc(-c2cccc(-n3c(-c4ccccc4-c4ccc5c(c4)C4(c6ccccc6O5)c5ccccc5-c5ccc(-c6nc(-c7ccccc7)nc(-c7ccccc7)n6)cc54)nc4ccccc43)c2)cc1. The van der Waals surface area contributed by atoms with Gasteiger partial charge in [-0.05, 0) is 93.0 Å². The van der Waals surface area contributed by atoms with Gasteiger partial charge in [-0.15, -0.1) is 0 Å². The molecule has 0 N–H and O–H groups in total. The van der Waals surface area contributed by atoms with E-state index in [1.807, 2.05) is 60.7 Å². The van der Waals surface area contributed by atoms with Crippen molar-refractivity contribution in [1.29, 1.82) is 0 Å². The van der Waals surface area contributed by atoms with Crippen LogP contribution in [0.5, 0.6) is 11.5 Å². The first-order valence-electron chi connectivity index (χ1n) is 24.0. The van der Waals surface area contributed by atoms with Gasteiger partial charge in [-0.1, -0.05) is 200 Å². The molecule has 0 amide bonds. The molecule has 2 aromatic heterocycles. The molecule has 332 valence electrons. The molecule has 6 heteroatoms. The lowest BCUT2D eigenvalue weighted by molar-refractivity contribution is 0.436. The second-order valence-electron chi connectivity index (χ2n) is 18.1. The van der Waals surface area contributed by atoms with Gasteiger partial charge >= 0.3 is 0 Å². The van der Waals surface area contributed by atoms with Crippen molar-refractivity contribution in [2.45, 2.75) is 5.41 Å². The maximum Gasteiger partial charge on any atom is 0.164 e. The number of fused-ring (bicyclic) bond motifs is 10. The Kier molecular flexibility index (Phi) is 9.32. The minimum Gasteiger partial charge on any atom is -0.457 e. The smallest absolute Gasteiger partial charge is 0.164 e. The first-order valence-corrected chi connectivity index (χ1v) is 24.0. The average Bonchev–Trinajstić information content (AvgIpc) is 3.98. The molecule has 6 nitrogen and oxygen atoms in total. The zero-order chi connectivity index (χ0) is 46.9. The fourth-order valence-corrected chi connectivity index (χ4v) is 11.0. The Balaban J connectivity index is 0.981. The van der Waals surface area contributed by atoms with E-state index in [-0.39, 0.29) is 0 Å². The molecule has 10 aromatic carbocycles. The van der Waals surface area contributed by atoms with Crippen LogP contribution in [0.15, 0.2) is 249 Å². The first-order chi connectivity index (χ1) is 35.2. The van der Waals surface area contributed by atoms with E-state index >= 15 is 0 Å². The standard InChI is InChI=1S/C65H41N5O/c1-4-19-42(20-5-1)45-25-18-26-48(39-45)70-58-33-16-15-32-57(58)66-64(70)52-29-11-10-27-49(52)46-36-38-60-56(40-46)65(54-31-14-17-34-59(54)71-60)53-30-13-12-28-50(53)51-37-35-47(41-55(51)65)63-68-61(43-21-6-2-7-22-43)67-62(69-63)44-23-8-3-9-24-44/h1-41H. The molecule has 0 saturated heterocycles. The highest BCUT2D eigenvalue weighted by Crippen LogP contribution is 2.63. The molecule has 0 bridgehead atoms. The van der Waals surface area contributed by atoms with E-state index in [0.29, 0.717) is 17.5 Å². The van der Waals surface area contributed by atoms with E-state index in [9.17, 15) is 0 Å². The Morgan fingerprint density at radius 3 is 1.59 bits per heavy atom. The Bertz CT molecular complexity index is 3980. The van der Waals surface area contributed by atoms with Crippen molar-refractivity contribution in [2.24, 2.45) is 0 Å². The molecule has 1 unspecified atom stereocenters. The topological polar surface area (TPSA) is 65.7 Å². The minimum absolute atomic E-state index is 0.604. The van der Waals surface area contributed by atoms with E-state index in [1.165, 1.54) is 11.1 Å². The molecule has 1 aliphatic carbocycles. The molecule has 14 rings (SSSR count). The first kappa shape index (κ1) is 40.5. The van der Waals surface area contributed by atoms with E-state index in [4.69, 9.17) is 24.7 Å². The molecular weight excluding hydrogens is 867 g/mol. The number of nitrogens with zero attached hydrogens (tertiary/aromatic N) is 5. The van der Waals surface area contributed by atoms with Crippen molar-refractivity contribution < 1.29 is 4.74 Å². The van der Waals surface area contributed by atoms with Crippen molar-refractivity contribution in [1.82, 2.24) is 24.5 Å². The summed E-state index contributed by atoms with van der Waals surface area (Å²) in [6, 6.07) is 87.4. The number of benzene rings is 10. The molecule has 1 atom stereocenters. The number of ether oxygens (including phenoxy) is 1. The van der Waals surface area contributed by atoms with E-state index in [0.717, 1.165) is 101 Å². The van der Waals surface area contributed by atoms with Crippen LogP contribution in [0.4, 0.5) is 0 Å². The number of hydrogen-bond acceptors (Lipinski definition) is 5. The van der Waals surface area contributed by atoms with Crippen LogP contribution < -0.4 is 4.74 Å². The molecule has 12 aromatic rings. The second-order valence-corrected chi connectivity index (χ2v) is 18.1. The summed E-state index contributed by atoms with van der Waals surface area (Å²) in [5.74, 6) is 4.34. The number of imidazole rings is 1. The zero-order valence-corrected chi connectivity index (χ0v) is 38.3. The van der Waals surface area contributed by atoms with E-state index < -0.39 is 5.41 Å². The van der Waals surface area contributed by atoms with Gasteiger partial charge in [0.1, 0.15) is 17.3 Å². The highest BCUT2D eigenvalue weighted by molar-refractivity contribution is 5.93. The van der Waals surface area contributed by atoms with Gasteiger partial charge in [0.25, 0.3) is 0 Å². The number of aromatic nitrogens is 5. The third-order valence-electron chi connectivity index (χ3n) is 14.1. The van der Waals surface area contributed by atoms with Gasteiger partial charge in [-0.3, -0.25) is 4.57 Å². The summed E-state index contributed by atoms with van der Waals surface area (Å²) >= 11 is 0. The van der Waals surface area contributed by atoms with Crippen LogP contribution in [0.1, 0.15) is 22.3 Å². The van der Waals surface area contributed by atoms with Crippen molar-refractivity contribution in [2.75, 3.05) is 0 Å². The average molecular weight is 908 g/mol. The van der Waals surface area contributed by atoms with Crippen LogP contribution in [0, 0.1) is 0 Å². The summed E-state index contributed by atoms with van der Waals surface area (Å²) in [5, 5.41) is 0. The molecule has 2 aliphatic rings. The summed E-state index contributed by atoms with van der Waals surface area (Å²) in [4.78, 5) is 20.8. The molecule has 0 fully saturated rings. The molecule has 3 heterocycles. The predicted octanol–water partition coefficient (Wildman–Crippen LogP) is 15.7. The molecular formula is C65H41N5O.